The minimum absolute atomic E-state index is 0.0556. The van der Waals surface area contributed by atoms with E-state index in [0.717, 1.165) is 14.7 Å². The van der Waals surface area contributed by atoms with Crippen LogP contribution in [0.15, 0.2) is 45.9 Å². The molecule has 3 aromatic rings. The van der Waals surface area contributed by atoms with Crippen LogP contribution >= 0.6 is 27.3 Å². The zero-order valence-electron chi connectivity index (χ0n) is 14.8. The molecule has 1 aliphatic heterocycles. The van der Waals surface area contributed by atoms with Crippen molar-refractivity contribution in [1.29, 1.82) is 0 Å². The summed E-state index contributed by atoms with van der Waals surface area (Å²) >= 11 is 4.64. The van der Waals surface area contributed by atoms with Gasteiger partial charge in [-0.05, 0) is 31.2 Å². The van der Waals surface area contributed by atoms with Crippen LogP contribution in [-0.4, -0.2) is 29.8 Å². The zero-order valence-corrected chi connectivity index (χ0v) is 17.2. The number of carbonyl (C=O) groups is 2. The van der Waals surface area contributed by atoms with Crippen LogP contribution in [0.25, 0.3) is 10.2 Å². The molecule has 7 nitrogen and oxygen atoms in total. The molecule has 0 fully saturated rings. The molecule has 0 saturated heterocycles. The van der Waals surface area contributed by atoms with E-state index in [2.05, 4.69) is 20.9 Å². The number of aromatic nitrogens is 1. The Hall–Kier alpha value is -2.65. The standard InChI is InChI=1S/C19H15BrN2O5S/c1-2-25-17(23)9-22-13-7-14-15(27-10-26-14)8-16(13)28-19(22)21-18(24)11-3-5-12(20)6-4-11/h3-8H,2,9-10H2,1H3. The summed E-state index contributed by atoms with van der Waals surface area (Å²) in [6, 6.07) is 10.5. The third kappa shape index (κ3) is 3.67. The second-order valence-electron chi connectivity index (χ2n) is 5.87. The van der Waals surface area contributed by atoms with Gasteiger partial charge in [0.1, 0.15) is 6.54 Å². The molecular formula is C19H15BrN2O5S. The average Bonchev–Trinajstić information content (AvgIpc) is 3.25. The molecule has 1 amide bonds. The van der Waals surface area contributed by atoms with Crippen molar-refractivity contribution < 1.29 is 23.8 Å². The molecule has 144 valence electrons. The maximum absolute atomic E-state index is 12.6. The van der Waals surface area contributed by atoms with Crippen molar-refractivity contribution in [3.8, 4) is 11.5 Å². The monoisotopic (exact) mass is 462 g/mol. The van der Waals surface area contributed by atoms with Crippen LogP contribution in [0.2, 0.25) is 0 Å². The second-order valence-corrected chi connectivity index (χ2v) is 7.80. The number of hydrogen-bond donors (Lipinski definition) is 0. The highest BCUT2D eigenvalue weighted by molar-refractivity contribution is 9.10. The Balaban J connectivity index is 1.82. The van der Waals surface area contributed by atoms with Crippen molar-refractivity contribution in [1.82, 2.24) is 4.57 Å². The first-order valence-corrected chi connectivity index (χ1v) is 10.1. The van der Waals surface area contributed by atoms with Crippen LogP contribution < -0.4 is 14.3 Å². The summed E-state index contributed by atoms with van der Waals surface area (Å²) < 4.78 is 19.3. The number of thiazole rings is 1. The number of hydrogen-bond acceptors (Lipinski definition) is 6. The fourth-order valence-electron chi connectivity index (χ4n) is 2.78. The molecule has 1 aromatic heterocycles. The number of benzene rings is 2. The fourth-order valence-corrected chi connectivity index (χ4v) is 4.08. The molecule has 0 saturated carbocycles. The predicted molar refractivity (Wildman–Crippen MR) is 107 cm³/mol. The van der Waals surface area contributed by atoms with Crippen LogP contribution in [0.5, 0.6) is 11.5 Å². The van der Waals surface area contributed by atoms with Crippen molar-refractivity contribution in [2.24, 2.45) is 4.99 Å². The topological polar surface area (TPSA) is 79.1 Å². The summed E-state index contributed by atoms with van der Waals surface area (Å²) in [6.07, 6.45) is 0. The number of amides is 1. The van der Waals surface area contributed by atoms with Crippen LogP contribution in [0.3, 0.4) is 0 Å². The third-order valence-corrected chi connectivity index (χ3v) is 5.63. The summed E-state index contributed by atoms with van der Waals surface area (Å²) in [7, 11) is 0. The number of esters is 1. The number of nitrogens with zero attached hydrogens (tertiary/aromatic N) is 2. The van der Waals surface area contributed by atoms with Crippen molar-refractivity contribution >= 4 is 49.4 Å². The quantitative estimate of drug-likeness (QED) is 0.554. The second kappa shape index (κ2) is 7.76. The zero-order chi connectivity index (χ0) is 19.7. The van der Waals surface area contributed by atoms with Crippen LogP contribution in [-0.2, 0) is 16.1 Å². The van der Waals surface area contributed by atoms with Crippen molar-refractivity contribution in [3.63, 3.8) is 0 Å². The molecule has 0 spiro atoms. The van der Waals surface area contributed by atoms with Gasteiger partial charge in [-0.3, -0.25) is 9.59 Å². The van der Waals surface area contributed by atoms with Gasteiger partial charge in [0.15, 0.2) is 16.3 Å². The Kier molecular flexibility index (Phi) is 5.19. The summed E-state index contributed by atoms with van der Waals surface area (Å²) in [5.41, 5.74) is 1.18. The minimum Gasteiger partial charge on any atom is -0.465 e. The summed E-state index contributed by atoms with van der Waals surface area (Å²) in [4.78, 5) is 29.4. The van der Waals surface area contributed by atoms with Crippen molar-refractivity contribution in [2.45, 2.75) is 13.5 Å². The smallest absolute Gasteiger partial charge is 0.326 e. The fraction of sp³-hybridized carbons (Fsp3) is 0.211. The predicted octanol–water partition coefficient (Wildman–Crippen LogP) is 3.50. The number of fused-ring (bicyclic) bond motifs is 2. The Morgan fingerprint density at radius 3 is 2.64 bits per heavy atom. The Morgan fingerprint density at radius 2 is 1.93 bits per heavy atom. The molecule has 1 aliphatic rings. The molecule has 0 N–H and O–H groups in total. The number of rotatable bonds is 4. The van der Waals surface area contributed by atoms with Gasteiger partial charge in [-0.2, -0.15) is 4.99 Å². The minimum atomic E-state index is -0.405. The highest BCUT2D eigenvalue weighted by atomic mass is 79.9. The maximum Gasteiger partial charge on any atom is 0.326 e. The molecule has 9 heteroatoms. The average molecular weight is 463 g/mol. The van der Waals surface area contributed by atoms with E-state index in [1.165, 1.54) is 11.3 Å². The highest BCUT2D eigenvalue weighted by Gasteiger charge is 2.19. The molecule has 0 radical (unpaired) electrons. The molecular weight excluding hydrogens is 448 g/mol. The summed E-state index contributed by atoms with van der Waals surface area (Å²) in [5, 5.41) is 0. The van der Waals surface area contributed by atoms with Gasteiger partial charge in [0, 0.05) is 22.2 Å². The molecule has 0 bridgehead atoms. The lowest BCUT2D eigenvalue weighted by Gasteiger charge is -2.05. The van der Waals surface area contributed by atoms with Crippen LogP contribution in [0.4, 0.5) is 0 Å². The van der Waals surface area contributed by atoms with E-state index in [1.807, 2.05) is 6.07 Å². The van der Waals surface area contributed by atoms with E-state index >= 15 is 0 Å². The molecule has 4 rings (SSSR count). The molecule has 28 heavy (non-hydrogen) atoms. The van der Waals surface area contributed by atoms with Crippen molar-refractivity contribution in [3.05, 3.63) is 51.2 Å². The highest BCUT2D eigenvalue weighted by Crippen LogP contribution is 2.37. The first kappa shape index (κ1) is 18.7. The van der Waals surface area contributed by atoms with E-state index in [1.54, 1.807) is 41.8 Å². The van der Waals surface area contributed by atoms with Gasteiger partial charge in [0.2, 0.25) is 6.79 Å². The summed E-state index contributed by atoms with van der Waals surface area (Å²) in [5.74, 6) is 0.422. The largest absolute Gasteiger partial charge is 0.465 e. The first-order chi connectivity index (χ1) is 13.5. The van der Waals surface area contributed by atoms with E-state index in [4.69, 9.17) is 14.2 Å². The Labute approximate surface area is 172 Å². The Bertz CT molecular complexity index is 1130. The first-order valence-electron chi connectivity index (χ1n) is 8.48. The molecule has 2 aromatic carbocycles. The van der Waals surface area contributed by atoms with Gasteiger partial charge >= 0.3 is 5.97 Å². The number of carbonyl (C=O) groups excluding carboxylic acids is 2. The normalized spacial score (nSPS) is 13.1. The molecule has 0 atom stereocenters. The lowest BCUT2D eigenvalue weighted by atomic mass is 10.2. The van der Waals surface area contributed by atoms with Gasteiger partial charge in [-0.25, -0.2) is 0 Å². The number of halogens is 1. The van der Waals surface area contributed by atoms with Crippen LogP contribution in [0.1, 0.15) is 17.3 Å². The lowest BCUT2D eigenvalue weighted by Crippen LogP contribution is -2.23. The molecule has 0 aliphatic carbocycles. The molecule has 2 heterocycles. The van der Waals surface area contributed by atoms with Gasteiger partial charge in [0.25, 0.3) is 5.91 Å². The van der Waals surface area contributed by atoms with E-state index in [-0.39, 0.29) is 19.9 Å². The van der Waals surface area contributed by atoms with E-state index in [0.29, 0.717) is 21.9 Å². The maximum atomic E-state index is 12.6. The van der Waals surface area contributed by atoms with Gasteiger partial charge in [0.05, 0.1) is 16.8 Å². The SMILES string of the molecule is CCOC(=O)Cn1c(=NC(=O)c2ccc(Br)cc2)sc2cc3c(cc21)OCO3. The molecule has 0 unspecified atom stereocenters. The van der Waals surface area contributed by atoms with E-state index in [9.17, 15) is 9.59 Å². The number of ether oxygens (including phenoxy) is 3. The van der Waals surface area contributed by atoms with Crippen molar-refractivity contribution in [2.75, 3.05) is 13.4 Å². The van der Waals surface area contributed by atoms with Gasteiger partial charge in [-0.1, -0.05) is 27.3 Å². The third-order valence-electron chi connectivity index (χ3n) is 4.06. The van der Waals surface area contributed by atoms with E-state index < -0.39 is 11.9 Å². The van der Waals surface area contributed by atoms with Gasteiger partial charge < -0.3 is 18.8 Å². The Morgan fingerprint density at radius 1 is 1.21 bits per heavy atom. The summed E-state index contributed by atoms with van der Waals surface area (Å²) in [6.45, 7) is 2.12. The van der Waals surface area contributed by atoms with Gasteiger partial charge in [-0.15, -0.1) is 0 Å². The lowest BCUT2D eigenvalue weighted by molar-refractivity contribution is -0.143. The van der Waals surface area contributed by atoms with Crippen LogP contribution in [0, 0.1) is 0 Å².